The van der Waals surface area contributed by atoms with Crippen molar-refractivity contribution in [3.8, 4) is 0 Å². The first-order chi connectivity index (χ1) is 10.2. The number of benzene rings is 1. The number of hydrogen-bond donors (Lipinski definition) is 2. The zero-order valence-corrected chi connectivity index (χ0v) is 13.5. The van der Waals surface area contributed by atoms with Gasteiger partial charge >= 0.3 is 0 Å². The maximum absolute atomic E-state index is 5.38. The van der Waals surface area contributed by atoms with Gasteiger partial charge in [0.25, 0.3) is 0 Å². The summed E-state index contributed by atoms with van der Waals surface area (Å²) in [5, 5.41) is 4.94. The first-order valence-electron chi connectivity index (χ1n) is 7.26. The minimum absolute atomic E-state index is 0.280. The molecular weight excluding hydrogens is 282 g/mol. The van der Waals surface area contributed by atoms with Crippen LogP contribution in [0.5, 0.6) is 0 Å². The molecule has 114 valence electrons. The number of nitrogens with zero attached hydrogens (tertiary/aromatic N) is 2. The summed E-state index contributed by atoms with van der Waals surface area (Å²) >= 11 is 4.27. The van der Waals surface area contributed by atoms with Gasteiger partial charge in [0.2, 0.25) is 0 Å². The van der Waals surface area contributed by atoms with Crippen LogP contribution in [0.3, 0.4) is 0 Å². The Kier molecular flexibility index (Phi) is 6.14. The van der Waals surface area contributed by atoms with E-state index in [1.54, 1.807) is 11.7 Å². The topological polar surface area (TPSA) is 36.9 Å². The molecule has 21 heavy (non-hydrogen) atoms. The van der Waals surface area contributed by atoms with Crippen molar-refractivity contribution in [2.24, 2.45) is 4.99 Å². The molecule has 1 aromatic rings. The molecule has 1 N–H and O–H groups in total. The second kappa shape index (κ2) is 8.10. The lowest BCUT2D eigenvalue weighted by molar-refractivity contribution is 0.122. The number of anilines is 1. The molecule has 1 aromatic carbocycles. The zero-order valence-electron chi connectivity index (χ0n) is 12.6. The second-order valence-corrected chi connectivity index (χ2v) is 5.46. The first-order valence-corrected chi connectivity index (χ1v) is 7.78. The third kappa shape index (κ3) is 4.79. The Balaban J connectivity index is 2.02. The van der Waals surface area contributed by atoms with E-state index in [0.717, 1.165) is 37.6 Å². The number of thiol groups is 1. The van der Waals surface area contributed by atoms with Crippen LogP contribution in [0.1, 0.15) is 19.4 Å². The molecule has 1 aliphatic heterocycles. The summed E-state index contributed by atoms with van der Waals surface area (Å²) in [6, 6.07) is 8.76. The lowest BCUT2D eigenvalue weighted by Crippen LogP contribution is -2.36. The van der Waals surface area contributed by atoms with Gasteiger partial charge in [-0.1, -0.05) is 12.1 Å². The monoisotopic (exact) mass is 305 g/mol. The van der Waals surface area contributed by atoms with E-state index < -0.39 is 0 Å². The summed E-state index contributed by atoms with van der Waals surface area (Å²) in [7, 11) is 0. The number of nitrogens with one attached hydrogen (secondary N) is 1. The van der Waals surface area contributed by atoms with Gasteiger partial charge in [0.05, 0.1) is 25.2 Å². The van der Waals surface area contributed by atoms with Crippen molar-refractivity contribution in [3.05, 3.63) is 35.2 Å². The third-order valence-corrected chi connectivity index (χ3v) is 3.53. The summed E-state index contributed by atoms with van der Waals surface area (Å²) in [6.45, 7) is 7.59. The van der Waals surface area contributed by atoms with Crippen LogP contribution in [0.4, 0.5) is 5.69 Å². The van der Waals surface area contributed by atoms with Crippen LogP contribution in [0, 0.1) is 0 Å². The van der Waals surface area contributed by atoms with Gasteiger partial charge in [-0.05, 0) is 37.0 Å². The van der Waals surface area contributed by atoms with Crippen LogP contribution in [0.25, 0.3) is 5.70 Å². The quantitative estimate of drug-likeness (QED) is 0.499. The standard InChI is InChI=1S/C16H23N3OS/c1-13(2)17-12-18-16(11-21)14-3-5-15(6-4-14)19-7-9-20-10-8-19/h3-6,11-13,21H,7-10H2,1-2H3,(H,17,18)/b16-11-. The van der Waals surface area contributed by atoms with Crippen LogP contribution in [0.2, 0.25) is 0 Å². The number of hydrogen-bond acceptors (Lipinski definition) is 4. The SMILES string of the molecule is CC(C)N=CN/C(=C\S)c1ccc(N2CCOCC2)cc1. The molecule has 1 saturated heterocycles. The number of ether oxygens (including phenoxy) is 1. The lowest BCUT2D eigenvalue weighted by Gasteiger charge is -2.29. The van der Waals surface area contributed by atoms with E-state index in [9.17, 15) is 0 Å². The van der Waals surface area contributed by atoms with Crippen LogP contribution in [-0.2, 0) is 4.74 Å². The van der Waals surface area contributed by atoms with E-state index >= 15 is 0 Å². The van der Waals surface area contributed by atoms with Gasteiger partial charge in [-0.2, -0.15) is 0 Å². The molecule has 0 radical (unpaired) electrons. The Morgan fingerprint density at radius 2 is 1.95 bits per heavy atom. The fourth-order valence-corrected chi connectivity index (χ4v) is 2.35. The van der Waals surface area contributed by atoms with Gasteiger partial charge in [0.1, 0.15) is 0 Å². The number of aliphatic imine (C=N–C) groups is 1. The van der Waals surface area contributed by atoms with Crippen molar-refractivity contribution < 1.29 is 4.74 Å². The van der Waals surface area contributed by atoms with Gasteiger partial charge in [-0.25, -0.2) is 0 Å². The molecule has 0 spiro atoms. The van der Waals surface area contributed by atoms with Gasteiger partial charge in [-0.3, -0.25) is 4.99 Å². The van der Waals surface area contributed by atoms with Crippen LogP contribution in [0.15, 0.2) is 34.7 Å². The van der Waals surface area contributed by atoms with Crippen LogP contribution < -0.4 is 10.2 Å². The van der Waals surface area contributed by atoms with Crippen molar-refractivity contribution in [3.63, 3.8) is 0 Å². The van der Waals surface area contributed by atoms with Crippen molar-refractivity contribution >= 4 is 30.4 Å². The van der Waals surface area contributed by atoms with Gasteiger partial charge in [-0.15, -0.1) is 12.6 Å². The Labute approximate surface area is 132 Å². The maximum Gasteiger partial charge on any atom is 0.0871 e. The Bertz CT molecular complexity index is 491. The van der Waals surface area contributed by atoms with E-state index in [-0.39, 0.29) is 6.04 Å². The average Bonchev–Trinajstić information content (AvgIpc) is 2.52. The fraction of sp³-hybridized carbons (Fsp3) is 0.438. The largest absolute Gasteiger partial charge is 0.378 e. The predicted molar refractivity (Wildman–Crippen MR) is 93.2 cm³/mol. The molecule has 4 nitrogen and oxygen atoms in total. The third-order valence-electron chi connectivity index (χ3n) is 3.28. The molecule has 0 aromatic heterocycles. The molecule has 1 heterocycles. The van der Waals surface area contributed by atoms with Crippen molar-refractivity contribution in [1.29, 1.82) is 0 Å². The van der Waals surface area contributed by atoms with Crippen LogP contribution >= 0.6 is 12.6 Å². The Hall–Kier alpha value is -1.46. The van der Waals surface area contributed by atoms with Gasteiger partial charge < -0.3 is 15.0 Å². The molecule has 0 aliphatic carbocycles. The average molecular weight is 305 g/mol. The summed E-state index contributed by atoms with van der Waals surface area (Å²) < 4.78 is 5.38. The number of rotatable bonds is 5. The molecule has 5 heteroatoms. The molecule has 1 fully saturated rings. The highest BCUT2D eigenvalue weighted by Crippen LogP contribution is 2.20. The smallest absolute Gasteiger partial charge is 0.0871 e. The summed E-state index contributed by atoms with van der Waals surface area (Å²) in [6.07, 6.45) is 1.72. The van der Waals surface area contributed by atoms with Crippen LogP contribution in [-0.4, -0.2) is 38.7 Å². The fourth-order valence-electron chi connectivity index (χ4n) is 2.12. The van der Waals surface area contributed by atoms with E-state index in [1.807, 2.05) is 13.8 Å². The van der Waals surface area contributed by atoms with Crippen molar-refractivity contribution in [2.45, 2.75) is 19.9 Å². The number of morpholine rings is 1. The molecule has 0 atom stereocenters. The van der Waals surface area contributed by atoms with Gasteiger partial charge in [0, 0.05) is 24.8 Å². The van der Waals surface area contributed by atoms with E-state index in [0.29, 0.717) is 0 Å². The minimum atomic E-state index is 0.280. The lowest BCUT2D eigenvalue weighted by atomic mass is 10.1. The normalized spacial score (nSPS) is 16.8. The molecule has 0 unspecified atom stereocenters. The summed E-state index contributed by atoms with van der Waals surface area (Å²) in [4.78, 5) is 6.63. The highest BCUT2D eigenvalue weighted by atomic mass is 32.1. The highest BCUT2D eigenvalue weighted by molar-refractivity contribution is 7.83. The molecular formula is C16H23N3OS. The zero-order chi connectivity index (χ0) is 15.1. The second-order valence-electron chi connectivity index (χ2n) is 5.21. The highest BCUT2D eigenvalue weighted by Gasteiger charge is 2.11. The maximum atomic E-state index is 5.38. The molecule has 0 saturated carbocycles. The molecule has 1 aliphatic rings. The Morgan fingerprint density at radius 3 is 2.52 bits per heavy atom. The van der Waals surface area contributed by atoms with Crippen molar-refractivity contribution in [1.82, 2.24) is 5.32 Å². The minimum Gasteiger partial charge on any atom is -0.378 e. The van der Waals surface area contributed by atoms with E-state index in [1.165, 1.54) is 5.69 Å². The van der Waals surface area contributed by atoms with E-state index in [2.05, 4.69) is 52.1 Å². The first kappa shape index (κ1) is 15.9. The Morgan fingerprint density at radius 1 is 1.29 bits per heavy atom. The van der Waals surface area contributed by atoms with E-state index in [4.69, 9.17) is 4.74 Å². The molecule has 0 bridgehead atoms. The van der Waals surface area contributed by atoms with Gasteiger partial charge in [0.15, 0.2) is 0 Å². The molecule has 0 amide bonds. The summed E-state index contributed by atoms with van der Waals surface area (Å²) in [5.74, 6) is 0. The van der Waals surface area contributed by atoms with Crippen molar-refractivity contribution in [2.75, 3.05) is 31.2 Å². The summed E-state index contributed by atoms with van der Waals surface area (Å²) in [5.41, 5.74) is 3.27. The predicted octanol–water partition coefficient (Wildman–Crippen LogP) is 2.78. The molecule has 2 rings (SSSR count).